The van der Waals surface area contributed by atoms with Crippen LogP contribution in [0.2, 0.25) is 0 Å². The maximum Gasteiger partial charge on any atom is 0.0654 e. The molecule has 0 aromatic rings. The number of aliphatic imine (C=N–C) groups is 1. The minimum Gasteiger partial charge on any atom is -0.264 e. The molecule has 0 saturated carbocycles. The van der Waals surface area contributed by atoms with Crippen LogP contribution in [-0.2, 0) is 0 Å². The van der Waals surface area contributed by atoms with E-state index in [9.17, 15) is 0 Å². The van der Waals surface area contributed by atoms with Crippen LogP contribution in [0.25, 0.3) is 0 Å². The molecule has 0 atom stereocenters. The van der Waals surface area contributed by atoms with E-state index in [1.54, 1.807) is 0 Å². The first kappa shape index (κ1) is 17.4. The lowest BCUT2D eigenvalue weighted by atomic mass is 9.95. The largest absolute Gasteiger partial charge is 0.264 e. The van der Waals surface area contributed by atoms with E-state index in [0.29, 0.717) is 0 Å². The van der Waals surface area contributed by atoms with Crippen molar-refractivity contribution in [3.05, 3.63) is 59.4 Å². The van der Waals surface area contributed by atoms with Gasteiger partial charge in [-0.15, -0.1) is 0 Å². The van der Waals surface area contributed by atoms with Crippen molar-refractivity contribution in [2.75, 3.05) is 0 Å². The lowest BCUT2D eigenvalue weighted by Crippen LogP contribution is -1.94. The zero-order valence-electron chi connectivity index (χ0n) is 12.9. The first-order valence-electron chi connectivity index (χ1n) is 6.95. The molecule has 0 aliphatic rings. The second-order valence-electron chi connectivity index (χ2n) is 4.49. The van der Waals surface area contributed by atoms with Crippen LogP contribution in [0.3, 0.4) is 0 Å². The lowest BCUT2D eigenvalue weighted by Gasteiger charge is -2.12. The molecule has 19 heavy (non-hydrogen) atoms. The Morgan fingerprint density at radius 1 is 1.16 bits per heavy atom. The Morgan fingerprint density at radius 3 is 2.32 bits per heavy atom. The van der Waals surface area contributed by atoms with Gasteiger partial charge in [-0.25, -0.2) is 0 Å². The molecule has 0 amide bonds. The molecular formula is C18H27N. The van der Waals surface area contributed by atoms with Crippen molar-refractivity contribution in [1.82, 2.24) is 0 Å². The van der Waals surface area contributed by atoms with Crippen LogP contribution in [0.5, 0.6) is 0 Å². The predicted octanol–water partition coefficient (Wildman–Crippen LogP) is 5.79. The summed E-state index contributed by atoms with van der Waals surface area (Å²) in [5, 5.41) is 0. The molecule has 104 valence electrons. The molecule has 1 heteroatoms. The summed E-state index contributed by atoms with van der Waals surface area (Å²) in [5.74, 6) is 0. The molecular weight excluding hydrogens is 230 g/mol. The van der Waals surface area contributed by atoms with E-state index < -0.39 is 0 Å². The third-order valence-corrected chi connectivity index (χ3v) is 2.98. The van der Waals surface area contributed by atoms with Gasteiger partial charge in [0.15, 0.2) is 0 Å². The van der Waals surface area contributed by atoms with Crippen molar-refractivity contribution in [3.8, 4) is 0 Å². The van der Waals surface area contributed by atoms with Gasteiger partial charge in [-0.3, -0.25) is 4.99 Å². The van der Waals surface area contributed by atoms with Crippen molar-refractivity contribution in [1.29, 1.82) is 0 Å². The molecule has 0 aliphatic heterocycles. The average Bonchev–Trinajstić information content (AvgIpc) is 2.40. The number of rotatable bonds is 8. The highest BCUT2D eigenvalue weighted by Crippen LogP contribution is 2.25. The monoisotopic (exact) mass is 257 g/mol. The van der Waals surface area contributed by atoms with Gasteiger partial charge in [0.2, 0.25) is 0 Å². The fraction of sp³-hybridized carbons (Fsp3) is 0.389. The Hall–Kier alpha value is -1.63. The molecule has 0 rings (SSSR count). The first-order chi connectivity index (χ1) is 9.12. The number of nitrogens with zero attached hydrogens (tertiary/aromatic N) is 1. The Kier molecular flexibility index (Phi) is 9.42. The molecule has 0 bridgehead atoms. The normalized spacial score (nSPS) is 14.5. The van der Waals surface area contributed by atoms with Crippen LogP contribution >= 0.6 is 0 Å². The molecule has 0 aromatic heterocycles. The highest BCUT2D eigenvalue weighted by Gasteiger charge is 2.07. The highest BCUT2D eigenvalue weighted by atomic mass is 14.7. The first-order valence-corrected chi connectivity index (χ1v) is 6.95. The molecule has 0 saturated heterocycles. The van der Waals surface area contributed by atoms with Crippen LogP contribution in [0, 0.1) is 0 Å². The molecule has 0 unspecified atom stereocenters. The van der Waals surface area contributed by atoms with E-state index in [0.717, 1.165) is 25.0 Å². The van der Waals surface area contributed by atoms with Gasteiger partial charge in [0.1, 0.15) is 0 Å². The summed E-state index contributed by atoms with van der Waals surface area (Å²) < 4.78 is 0. The second-order valence-corrected chi connectivity index (χ2v) is 4.49. The lowest BCUT2D eigenvalue weighted by molar-refractivity contribution is 0.897. The number of hydrogen-bond donors (Lipinski definition) is 0. The summed E-state index contributed by atoms with van der Waals surface area (Å²) in [6, 6.07) is 0. The Bertz CT molecular complexity index is 417. The summed E-state index contributed by atoms with van der Waals surface area (Å²) >= 11 is 0. The maximum absolute atomic E-state index is 4.15. The molecule has 0 spiro atoms. The molecule has 0 aliphatic carbocycles. The van der Waals surface area contributed by atoms with Gasteiger partial charge in [0, 0.05) is 0 Å². The summed E-state index contributed by atoms with van der Waals surface area (Å²) in [6.45, 7) is 16.0. The van der Waals surface area contributed by atoms with Crippen LogP contribution in [0.4, 0.5) is 0 Å². The summed E-state index contributed by atoms with van der Waals surface area (Å²) in [7, 11) is 0. The summed E-state index contributed by atoms with van der Waals surface area (Å²) in [6.07, 6.45) is 13.3. The smallest absolute Gasteiger partial charge is 0.0654 e. The Morgan fingerprint density at radius 2 is 1.84 bits per heavy atom. The fourth-order valence-corrected chi connectivity index (χ4v) is 1.95. The predicted molar refractivity (Wildman–Crippen MR) is 88.6 cm³/mol. The van der Waals surface area contributed by atoms with E-state index in [1.807, 2.05) is 18.2 Å². The van der Waals surface area contributed by atoms with Crippen LogP contribution in [0.15, 0.2) is 64.4 Å². The Balaban J connectivity index is 5.58. The van der Waals surface area contributed by atoms with Gasteiger partial charge in [-0.05, 0) is 56.2 Å². The molecule has 0 heterocycles. The highest BCUT2D eigenvalue weighted by molar-refractivity contribution is 5.47. The SMILES string of the molecule is C=C\C=C(C)/C(CCC)=C(C)/C(=C/C=C\CC)N=C. The van der Waals surface area contributed by atoms with E-state index in [2.05, 4.69) is 58.1 Å². The van der Waals surface area contributed by atoms with Gasteiger partial charge in [0.05, 0.1) is 5.70 Å². The number of hydrogen-bond acceptors (Lipinski definition) is 1. The van der Waals surface area contributed by atoms with Crippen molar-refractivity contribution in [3.63, 3.8) is 0 Å². The topological polar surface area (TPSA) is 12.4 Å². The molecule has 1 nitrogen and oxygen atoms in total. The maximum atomic E-state index is 4.15. The fourth-order valence-electron chi connectivity index (χ4n) is 1.95. The van der Waals surface area contributed by atoms with E-state index in [-0.39, 0.29) is 0 Å². The van der Waals surface area contributed by atoms with Crippen LogP contribution in [0.1, 0.15) is 47.0 Å². The zero-order valence-corrected chi connectivity index (χ0v) is 12.9. The molecule has 0 aromatic carbocycles. The second kappa shape index (κ2) is 10.3. The van der Waals surface area contributed by atoms with Crippen molar-refractivity contribution >= 4 is 6.72 Å². The summed E-state index contributed by atoms with van der Waals surface area (Å²) in [4.78, 5) is 4.15. The quantitative estimate of drug-likeness (QED) is 0.386. The zero-order chi connectivity index (χ0) is 14.7. The van der Waals surface area contributed by atoms with Crippen molar-refractivity contribution in [2.24, 2.45) is 4.99 Å². The summed E-state index contributed by atoms with van der Waals surface area (Å²) in [5.41, 5.74) is 4.74. The van der Waals surface area contributed by atoms with Gasteiger partial charge < -0.3 is 0 Å². The molecule has 0 N–H and O–H groups in total. The van der Waals surface area contributed by atoms with Gasteiger partial charge in [0.25, 0.3) is 0 Å². The third kappa shape index (κ3) is 6.19. The minimum atomic E-state index is 0.949. The van der Waals surface area contributed by atoms with Crippen molar-refractivity contribution in [2.45, 2.75) is 47.0 Å². The molecule has 0 radical (unpaired) electrons. The molecule has 0 fully saturated rings. The van der Waals surface area contributed by atoms with Gasteiger partial charge in [-0.1, -0.05) is 51.2 Å². The van der Waals surface area contributed by atoms with Crippen LogP contribution < -0.4 is 0 Å². The standard InChI is InChI=1S/C18H27N/c1-7-10-11-14-18(19-6)16(5)17(13-9-3)15(4)12-8-2/h8,10-12,14H,2,6-7,9,13H2,1,3-5H3/b11-10-,15-12-,17-16+,18-14-. The van der Waals surface area contributed by atoms with Crippen LogP contribution in [-0.4, -0.2) is 6.72 Å². The third-order valence-electron chi connectivity index (χ3n) is 2.98. The van der Waals surface area contributed by atoms with E-state index in [4.69, 9.17) is 0 Å². The van der Waals surface area contributed by atoms with Gasteiger partial charge in [-0.2, -0.15) is 0 Å². The van der Waals surface area contributed by atoms with Crippen molar-refractivity contribution < 1.29 is 0 Å². The van der Waals surface area contributed by atoms with Gasteiger partial charge >= 0.3 is 0 Å². The number of allylic oxidation sites excluding steroid dienone is 8. The Labute approximate surface area is 118 Å². The van der Waals surface area contributed by atoms with E-state index in [1.165, 1.54) is 16.7 Å². The minimum absolute atomic E-state index is 0.949. The average molecular weight is 257 g/mol. The van der Waals surface area contributed by atoms with E-state index >= 15 is 0 Å².